The Balaban J connectivity index is 1.60. The van der Waals surface area contributed by atoms with Crippen molar-refractivity contribution in [3.8, 4) is 0 Å². The van der Waals surface area contributed by atoms with Crippen LogP contribution in [0.3, 0.4) is 0 Å². The summed E-state index contributed by atoms with van der Waals surface area (Å²) < 4.78 is 1.76. The number of amides is 1. The average molecular weight is 318 g/mol. The molecule has 0 spiro atoms. The van der Waals surface area contributed by atoms with Gasteiger partial charge < -0.3 is 4.90 Å². The summed E-state index contributed by atoms with van der Waals surface area (Å²) in [4.78, 5) is 18.0. The third-order valence-electron chi connectivity index (χ3n) is 4.35. The van der Waals surface area contributed by atoms with E-state index in [2.05, 4.69) is 28.4 Å². The largest absolute Gasteiger partial charge is 0.340 e. The van der Waals surface area contributed by atoms with Crippen molar-refractivity contribution < 1.29 is 4.79 Å². The first-order chi connectivity index (χ1) is 10.5. The number of thiophene rings is 1. The first-order valence-corrected chi connectivity index (χ1v) is 8.44. The van der Waals surface area contributed by atoms with Gasteiger partial charge in [0.1, 0.15) is 0 Å². The minimum atomic E-state index is 0.161. The van der Waals surface area contributed by atoms with Crippen molar-refractivity contribution in [2.75, 3.05) is 20.1 Å². The van der Waals surface area contributed by atoms with Gasteiger partial charge in [0.2, 0.25) is 5.91 Å². The molecule has 0 aromatic carbocycles. The van der Waals surface area contributed by atoms with Crippen LogP contribution in [0.1, 0.15) is 29.0 Å². The Kier molecular flexibility index (Phi) is 4.31. The number of nitrogens with zero attached hydrogens (tertiary/aromatic N) is 4. The normalized spacial score (nSPS) is 18.2. The number of hydrogen-bond donors (Lipinski definition) is 0. The van der Waals surface area contributed by atoms with Gasteiger partial charge in [-0.15, -0.1) is 11.3 Å². The van der Waals surface area contributed by atoms with E-state index in [1.54, 1.807) is 9.58 Å². The first-order valence-electron chi connectivity index (χ1n) is 7.56. The highest BCUT2D eigenvalue weighted by Crippen LogP contribution is 2.32. The molecule has 0 N–H and O–H groups in total. The molecule has 3 heterocycles. The number of fused-ring (bicyclic) bond motifs is 1. The second-order valence-corrected chi connectivity index (χ2v) is 6.97. The highest BCUT2D eigenvalue weighted by Gasteiger charge is 2.27. The van der Waals surface area contributed by atoms with E-state index in [4.69, 9.17) is 0 Å². The van der Waals surface area contributed by atoms with Crippen LogP contribution in [0.2, 0.25) is 0 Å². The number of carbonyl (C=O) groups excluding carboxylic acids is 1. The molecule has 3 rings (SSSR count). The zero-order valence-corrected chi connectivity index (χ0v) is 14.1. The van der Waals surface area contributed by atoms with Crippen molar-refractivity contribution in [3.05, 3.63) is 39.8 Å². The summed E-state index contributed by atoms with van der Waals surface area (Å²) in [7, 11) is 3.75. The minimum Gasteiger partial charge on any atom is -0.340 e. The van der Waals surface area contributed by atoms with E-state index in [0.29, 0.717) is 19.1 Å². The summed E-state index contributed by atoms with van der Waals surface area (Å²) in [6.07, 6.45) is 4.81. The van der Waals surface area contributed by atoms with Crippen LogP contribution in [-0.4, -0.2) is 45.6 Å². The summed E-state index contributed by atoms with van der Waals surface area (Å²) in [5.41, 5.74) is 2.45. The van der Waals surface area contributed by atoms with Crippen LogP contribution < -0.4 is 0 Å². The van der Waals surface area contributed by atoms with Crippen LogP contribution in [0, 0.1) is 0 Å². The Bertz CT molecular complexity index is 663. The quantitative estimate of drug-likeness (QED) is 0.866. The van der Waals surface area contributed by atoms with Crippen LogP contribution in [-0.2, 0) is 24.8 Å². The molecule has 0 saturated carbocycles. The standard InChI is InChI=1S/C16H22N4OS/c1-12-14-5-7-22-15(14)4-6-20(12)11-16(21)18(2)9-13-8-17-19(3)10-13/h5,7-8,10,12H,4,6,9,11H2,1-3H3. The third kappa shape index (κ3) is 3.08. The van der Waals surface area contributed by atoms with Crippen molar-refractivity contribution >= 4 is 17.2 Å². The number of hydrogen-bond acceptors (Lipinski definition) is 4. The topological polar surface area (TPSA) is 41.4 Å². The van der Waals surface area contributed by atoms with E-state index < -0.39 is 0 Å². The molecular weight excluding hydrogens is 296 g/mol. The maximum atomic E-state index is 12.5. The maximum Gasteiger partial charge on any atom is 0.236 e. The van der Waals surface area contributed by atoms with Crippen LogP contribution >= 0.6 is 11.3 Å². The molecule has 0 radical (unpaired) electrons. The lowest BCUT2D eigenvalue weighted by molar-refractivity contribution is -0.132. The average Bonchev–Trinajstić information content (AvgIpc) is 3.11. The summed E-state index contributed by atoms with van der Waals surface area (Å²) in [6.45, 7) is 4.24. The van der Waals surface area contributed by atoms with E-state index in [9.17, 15) is 4.79 Å². The summed E-state index contributed by atoms with van der Waals surface area (Å²) in [6, 6.07) is 2.52. The van der Waals surface area contributed by atoms with Crippen molar-refractivity contribution in [1.29, 1.82) is 0 Å². The molecule has 22 heavy (non-hydrogen) atoms. The van der Waals surface area contributed by atoms with Crippen molar-refractivity contribution in [2.24, 2.45) is 7.05 Å². The maximum absolute atomic E-state index is 12.5. The zero-order chi connectivity index (χ0) is 15.7. The molecule has 2 aromatic rings. The highest BCUT2D eigenvalue weighted by molar-refractivity contribution is 7.10. The van der Waals surface area contributed by atoms with Crippen molar-refractivity contribution in [2.45, 2.75) is 25.9 Å². The van der Waals surface area contributed by atoms with Gasteiger partial charge in [-0.25, -0.2) is 0 Å². The Morgan fingerprint density at radius 1 is 1.55 bits per heavy atom. The van der Waals surface area contributed by atoms with Gasteiger partial charge in [0, 0.05) is 49.9 Å². The smallest absolute Gasteiger partial charge is 0.236 e. The van der Waals surface area contributed by atoms with E-state index in [1.807, 2.05) is 37.8 Å². The molecule has 0 bridgehead atoms. The number of rotatable bonds is 4. The molecule has 1 amide bonds. The Morgan fingerprint density at radius 2 is 2.36 bits per heavy atom. The van der Waals surface area contributed by atoms with Crippen molar-refractivity contribution in [1.82, 2.24) is 19.6 Å². The fourth-order valence-corrected chi connectivity index (χ4v) is 3.95. The Hall–Kier alpha value is -1.66. The second-order valence-electron chi connectivity index (χ2n) is 5.97. The van der Waals surface area contributed by atoms with Gasteiger partial charge in [-0.1, -0.05) is 0 Å². The third-order valence-corrected chi connectivity index (χ3v) is 5.34. The van der Waals surface area contributed by atoms with Gasteiger partial charge in [-0.05, 0) is 30.4 Å². The van der Waals surface area contributed by atoms with E-state index >= 15 is 0 Å². The lowest BCUT2D eigenvalue weighted by Crippen LogP contribution is -2.41. The van der Waals surface area contributed by atoms with Crippen LogP contribution in [0.5, 0.6) is 0 Å². The fraction of sp³-hybridized carbons (Fsp3) is 0.500. The van der Waals surface area contributed by atoms with Gasteiger partial charge >= 0.3 is 0 Å². The lowest BCUT2D eigenvalue weighted by Gasteiger charge is -2.34. The molecule has 1 unspecified atom stereocenters. The summed E-state index contributed by atoms with van der Waals surface area (Å²) >= 11 is 1.83. The molecule has 6 heteroatoms. The van der Waals surface area contributed by atoms with E-state index in [0.717, 1.165) is 18.5 Å². The predicted octanol–water partition coefficient (Wildman–Crippen LogP) is 2.06. The van der Waals surface area contributed by atoms with Gasteiger partial charge in [-0.3, -0.25) is 14.4 Å². The number of aromatic nitrogens is 2. The monoisotopic (exact) mass is 318 g/mol. The molecule has 1 aliphatic rings. The predicted molar refractivity (Wildman–Crippen MR) is 87.7 cm³/mol. The molecule has 0 saturated heterocycles. The first kappa shape index (κ1) is 15.2. The molecule has 2 aromatic heterocycles. The van der Waals surface area contributed by atoms with E-state index in [-0.39, 0.29) is 5.91 Å². The molecule has 1 atom stereocenters. The summed E-state index contributed by atoms with van der Waals surface area (Å²) in [5, 5.41) is 6.30. The second kappa shape index (κ2) is 6.22. The van der Waals surface area contributed by atoms with Crippen LogP contribution in [0.4, 0.5) is 0 Å². The van der Waals surface area contributed by atoms with Gasteiger partial charge in [0.25, 0.3) is 0 Å². The number of aryl methyl sites for hydroxylation is 1. The molecule has 5 nitrogen and oxygen atoms in total. The summed E-state index contributed by atoms with van der Waals surface area (Å²) in [5.74, 6) is 0.161. The van der Waals surface area contributed by atoms with Crippen molar-refractivity contribution in [3.63, 3.8) is 0 Å². The Morgan fingerprint density at radius 3 is 3.09 bits per heavy atom. The molecular formula is C16H22N4OS. The minimum absolute atomic E-state index is 0.161. The fourth-order valence-electron chi connectivity index (χ4n) is 2.99. The molecule has 1 aliphatic heterocycles. The van der Waals surface area contributed by atoms with Crippen LogP contribution in [0.15, 0.2) is 23.8 Å². The van der Waals surface area contributed by atoms with E-state index in [1.165, 1.54) is 10.4 Å². The van der Waals surface area contributed by atoms with Gasteiger partial charge in [0.15, 0.2) is 0 Å². The van der Waals surface area contributed by atoms with Gasteiger partial charge in [0.05, 0.1) is 12.7 Å². The van der Waals surface area contributed by atoms with Crippen LogP contribution in [0.25, 0.3) is 0 Å². The number of likely N-dealkylation sites (N-methyl/N-ethyl adjacent to an activating group) is 1. The lowest BCUT2D eigenvalue weighted by atomic mass is 10.0. The van der Waals surface area contributed by atoms with Gasteiger partial charge in [-0.2, -0.15) is 5.10 Å². The zero-order valence-electron chi connectivity index (χ0n) is 13.3. The SMILES string of the molecule is CC1c2ccsc2CCN1CC(=O)N(C)Cc1cnn(C)c1. The Labute approximate surface area is 135 Å². The molecule has 0 fully saturated rings. The molecule has 0 aliphatic carbocycles. The number of carbonyl (C=O) groups is 1. The highest BCUT2D eigenvalue weighted by atomic mass is 32.1. The molecule has 118 valence electrons.